The molecular weight excluding hydrogens is 312 g/mol. The molecule has 3 N–H and O–H groups in total. The second kappa shape index (κ2) is 5.77. The summed E-state index contributed by atoms with van der Waals surface area (Å²) in [6, 6.07) is 14.1. The van der Waals surface area contributed by atoms with E-state index in [1.165, 1.54) is 11.1 Å². The van der Waals surface area contributed by atoms with Gasteiger partial charge in [0.15, 0.2) is 0 Å². The van der Waals surface area contributed by atoms with Crippen molar-refractivity contribution in [1.82, 2.24) is 14.9 Å². The van der Waals surface area contributed by atoms with E-state index in [0.29, 0.717) is 30.3 Å². The summed E-state index contributed by atoms with van der Waals surface area (Å²) in [7, 11) is 0. The van der Waals surface area contributed by atoms with Gasteiger partial charge in [0, 0.05) is 6.54 Å². The number of rotatable bonds is 3. The van der Waals surface area contributed by atoms with Crippen molar-refractivity contribution in [3.8, 4) is 0 Å². The van der Waals surface area contributed by atoms with Gasteiger partial charge >= 0.3 is 0 Å². The summed E-state index contributed by atoms with van der Waals surface area (Å²) < 4.78 is 0. The number of fused-ring (bicyclic) bond motifs is 1. The molecule has 0 aliphatic carbocycles. The molecule has 5 nitrogen and oxygen atoms in total. The molecule has 0 spiro atoms. The molecular formula is C20H20N4O. The van der Waals surface area contributed by atoms with E-state index in [9.17, 15) is 5.11 Å². The molecule has 0 unspecified atom stereocenters. The van der Waals surface area contributed by atoms with E-state index in [2.05, 4.69) is 29.9 Å². The lowest BCUT2D eigenvalue weighted by atomic mass is 10.1. The second-order valence-electron chi connectivity index (χ2n) is 6.55. The Balaban J connectivity index is 1.66. The van der Waals surface area contributed by atoms with Gasteiger partial charge in [-0.1, -0.05) is 30.3 Å². The number of amidine groups is 1. The summed E-state index contributed by atoms with van der Waals surface area (Å²) in [6.45, 7) is 5.04. The fraction of sp³-hybridized carbons (Fsp3) is 0.200. The third kappa shape index (κ3) is 2.67. The van der Waals surface area contributed by atoms with Crippen molar-refractivity contribution < 1.29 is 5.11 Å². The van der Waals surface area contributed by atoms with Gasteiger partial charge in [0.05, 0.1) is 23.2 Å². The summed E-state index contributed by atoms with van der Waals surface area (Å²) in [5, 5.41) is 18.9. The first-order chi connectivity index (χ1) is 12.0. The van der Waals surface area contributed by atoms with Crippen LogP contribution in [0.4, 0.5) is 0 Å². The van der Waals surface area contributed by atoms with Crippen LogP contribution in [0.3, 0.4) is 0 Å². The van der Waals surface area contributed by atoms with Crippen molar-refractivity contribution in [2.45, 2.75) is 20.4 Å². The Morgan fingerprint density at radius 3 is 2.64 bits per heavy atom. The predicted octanol–water partition coefficient (Wildman–Crippen LogP) is 3.94. The van der Waals surface area contributed by atoms with E-state index in [4.69, 9.17) is 5.41 Å². The highest BCUT2D eigenvalue weighted by Gasteiger charge is 2.30. The van der Waals surface area contributed by atoms with Crippen LogP contribution >= 0.6 is 0 Å². The molecule has 4 rings (SSSR count). The van der Waals surface area contributed by atoms with Crippen LogP contribution in [-0.4, -0.2) is 32.4 Å². The van der Waals surface area contributed by atoms with Crippen molar-refractivity contribution in [3.05, 3.63) is 70.7 Å². The molecule has 0 radical (unpaired) electrons. The van der Waals surface area contributed by atoms with Gasteiger partial charge in [-0.15, -0.1) is 0 Å². The average molecular weight is 332 g/mol. The Labute approximate surface area is 146 Å². The highest BCUT2D eigenvalue weighted by molar-refractivity contribution is 6.23. The van der Waals surface area contributed by atoms with E-state index >= 15 is 0 Å². The maximum Gasteiger partial charge on any atom is 0.145 e. The average Bonchev–Trinajstić information content (AvgIpc) is 3.09. The van der Waals surface area contributed by atoms with Crippen LogP contribution in [0.25, 0.3) is 16.6 Å². The molecule has 0 fully saturated rings. The smallest absolute Gasteiger partial charge is 0.145 e. The van der Waals surface area contributed by atoms with E-state index < -0.39 is 0 Å². The largest absolute Gasteiger partial charge is 0.510 e. The van der Waals surface area contributed by atoms with Crippen molar-refractivity contribution in [2.75, 3.05) is 6.54 Å². The molecule has 1 aromatic heterocycles. The number of aryl methyl sites for hydroxylation is 2. The van der Waals surface area contributed by atoms with Gasteiger partial charge in [0.25, 0.3) is 0 Å². The van der Waals surface area contributed by atoms with Gasteiger partial charge < -0.3 is 15.0 Å². The lowest BCUT2D eigenvalue weighted by Crippen LogP contribution is -2.26. The topological polar surface area (TPSA) is 76.0 Å². The molecule has 2 heterocycles. The molecule has 3 aromatic rings. The summed E-state index contributed by atoms with van der Waals surface area (Å²) in [5.41, 5.74) is 5.74. The van der Waals surface area contributed by atoms with E-state index in [-0.39, 0.29) is 5.76 Å². The van der Waals surface area contributed by atoms with E-state index in [0.717, 1.165) is 16.6 Å². The van der Waals surface area contributed by atoms with E-state index in [1.807, 2.05) is 41.3 Å². The lowest BCUT2D eigenvalue weighted by Gasteiger charge is -2.18. The molecule has 0 amide bonds. The molecule has 0 saturated heterocycles. The van der Waals surface area contributed by atoms with Crippen molar-refractivity contribution in [2.24, 2.45) is 0 Å². The number of hydrogen-bond donors (Lipinski definition) is 3. The lowest BCUT2D eigenvalue weighted by molar-refractivity contribution is 0.347. The van der Waals surface area contributed by atoms with Crippen LogP contribution in [0.1, 0.15) is 22.5 Å². The highest BCUT2D eigenvalue weighted by atomic mass is 16.3. The number of aromatic amines is 1. The van der Waals surface area contributed by atoms with Gasteiger partial charge in [0.1, 0.15) is 17.4 Å². The first-order valence-electron chi connectivity index (χ1n) is 8.30. The summed E-state index contributed by atoms with van der Waals surface area (Å²) in [6.07, 6.45) is 0. The van der Waals surface area contributed by atoms with Gasteiger partial charge in [-0.05, 0) is 42.7 Å². The zero-order valence-corrected chi connectivity index (χ0v) is 14.3. The number of H-pyrrole nitrogens is 1. The first-order valence-corrected chi connectivity index (χ1v) is 8.30. The highest BCUT2D eigenvalue weighted by Crippen LogP contribution is 2.28. The number of nitrogens with one attached hydrogen (secondary N) is 2. The number of aromatic nitrogens is 2. The zero-order chi connectivity index (χ0) is 17.6. The second-order valence-corrected chi connectivity index (χ2v) is 6.55. The van der Waals surface area contributed by atoms with Crippen LogP contribution in [0.15, 0.2) is 48.2 Å². The molecule has 1 aliphatic rings. The maximum atomic E-state index is 10.4. The maximum absolute atomic E-state index is 10.4. The number of nitrogens with zero attached hydrogens (tertiary/aromatic N) is 2. The molecule has 5 heteroatoms. The number of hydrogen-bond acceptors (Lipinski definition) is 3. The molecule has 126 valence electrons. The van der Waals surface area contributed by atoms with Gasteiger partial charge in [0.2, 0.25) is 0 Å². The third-order valence-electron chi connectivity index (χ3n) is 4.73. The number of aliphatic hydroxyl groups excluding tert-OH is 1. The van der Waals surface area contributed by atoms with Crippen LogP contribution in [0.2, 0.25) is 0 Å². The van der Waals surface area contributed by atoms with Crippen molar-refractivity contribution in [3.63, 3.8) is 0 Å². The molecule has 0 saturated carbocycles. The van der Waals surface area contributed by atoms with E-state index in [1.54, 1.807) is 0 Å². The number of aliphatic hydroxyl groups is 1. The predicted molar refractivity (Wildman–Crippen MR) is 99.7 cm³/mol. The van der Waals surface area contributed by atoms with Crippen LogP contribution in [-0.2, 0) is 6.54 Å². The molecule has 0 atom stereocenters. The quantitative estimate of drug-likeness (QED) is 0.680. The SMILES string of the molecule is Cc1cc2nc(C3=C(O)CN(Cc4ccccc4)C3=N)[nH]c2cc1C. The number of benzene rings is 2. The Kier molecular flexibility index (Phi) is 3.57. The van der Waals surface area contributed by atoms with Crippen molar-refractivity contribution in [1.29, 1.82) is 5.41 Å². The molecule has 25 heavy (non-hydrogen) atoms. The minimum absolute atomic E-state index is 0.188. The van der Waals surface area contributed by atoms with Crippen LogP contribution in [0.5, 0.6) is 0 Å². The van der Waals surface area contributed by atoms with Crippen LogP contribution < -0.4 is 0 Å². The molecule has 0 bridgehead atoms. The molecule has 1 aliphatic heterocycles. The zero-order valence-electron chi connectivity index (χ0n) is 14.3. The van der Waals surface area contributed by atoms with Gasteiger partial charge in [-0.3, -0.25) is 5.41 Å². The normalized spacial score (nSPS) is 14.8. The third-order valence-corrected chi connectivity index (χ3v) is 4.73. The van der Waals surface area contributed by atoms with Gasteiger partial charge in [-0.2, -0.15) is 0 Å². The fourth-order valence-electron chi connectivity index (χ4n) is 3.21. The summed E-state index contributed by atoms with van der Waals surface area (Å²) in [5.74, 6) is 1.04. The monoisotopic (exact) mass is 332 g/mol. The minimum atomic E-state index is 0.188. The fourth-order valence-corrected chi connectivity index (χ4v) is 3.21. The standard InChI is InChI=1S/C20H20N4O/c1-12-8-15-16(9-13(12)2)23-20(22-15)18-17(25)11-24(19(18)21)10-14-6-4-3-5-7-14/h3-9,21,25H,10-11H2,1-2H3,(H,22,23). The Bertz CT molecular complexity index is 962. The Morgan fingerprint density at radius 2 is 1.88 bits per heavy atom. The summed E-state index contributed by atoms with van der Waals surface area (Å²) in [4.78, 5) is 9.70. The number of imidazole rings is 1. The first kappa shape index (κ1) is 15.4. The minimum Gasteiger partial charge on any atom is -0.510 e. The Hall–Kier alpha value is -3.08. The van der Waals surface area contributed by atoms with Crippen LogP contribution in [0, 0.1) is 19.3 Å². The van der Waals surface area contributed by atoms with Crippen molar-refractivity contribution >= 4 is 22.4 Å². The molecule has 2 aromatic carbocycles. The van der Waals surface area contributed by atoms with Gasteiger partial charge in [-0.25, -0.2) is 4.98 Å². The summed E-state index contributed by atoms with van der Waals surface area (Å²) >= 11 is 0. The Morgan fingerprint density at radius 1 is 1.16 bits per heavy atom.